The van der Waals surface area contributed by atoms with Crippen molar-refractivity contribution in [2.24, 2.45) is 0 Å². The first-order valence-electron chi connectivity index (χ1n) is 5.24. The Hall–Kier alpha value is -1.26. The molecule has 0 saturated carbocycles. The number of hydrogen-bond acceptors (Lipinski definition) is 8. The van der Waals surface area contributed by atoms with E-state index in [4.69, 9.17) is 9.47 Å². The van der Waals surface area contributed by atoms with E-state index in [0.717, 1.165) is 13.8 Å². The number of carbonyl (C=O) groups excluding carboxylic acids is 2. The van der Waals surface area contributed by atoms with E-state index in [1.165, 1.54) is 0 Å². The maximum atomic E-state index is 11.1. The minimum absolute atomic E-state index is 0.133. The van der Waals surface area contributed by atoms with Gasteiger partial charge in [0.2, 0.25) is 5.91 Å². The first-order chi connectivity index (χ1) is 8.31. The summed E-state index contributed by atoms with van der Waals surface area (Å²) >= 11 is 0. The molecule has 0 bridgehead atoms. The average Bonchev–Trinajstić information content (AvgIpc) is 2.22. The van der Waals surface area contributed by atoms with Crippen LogP contribution in [0.25, 0.3) is 0 Å². The Bertz CT molecular complexity index is 324. The second kappa shape index (κ2) is 6.07. The summed E-state index contributed by atoms with van der Waals surface area (Å²) in [7, 11) is 0. The van der Waals surface area contributed by atoms with Crippen LogP contribution in [0.4, 0.5) is 0 Å². The summed E-state index contributed by atoms with van der Waals surface area (Å²) in [6, 6.07) is 0. The lowest BCUT2D eigenvalue weighted by atomic mass is 10.1. The molecule has 0 aliphatic carbocycles. The highest BCUT2D eigenvalue weighted by Gasteiger charge is 2.40. The molecule has 0 aromatic carbocycles. The first kappa shape index (κ1) is 14.8. The highest BCUT2D eigenvalue weighted by atomic mass is 16.7. The average molecular weight is 263 g/mol. The van der Waals surface area contributed by atoms with Crippen molar-refractivity contribution in [1.82, 2.24) is 10.6 Å². The van der Waals surface area contributed by atoms with E-state index in [9.17, 15) is 25.0 Å². The van der Waals surface area contributed by atoms with Gasteiger partial charge in [0.15, 0.2) is 18.6 Å². The number of aliphatic hydroxyl groups is 2. The Morgan fingerprint density at radius 1 is 1.44 bits per heavy atom. The quantitative estimate of drug-likeness (QED) is 0.401. The molecule has 1 saturated heterocycles. The van der Waals surface area contributed by atoms with Crippen LogP contribution in [0.3, 0.4) is 0 Å². The molecule has 104 valence electrons. The third kappa shape index (κ3) is 3.89. The summed E-state index contributed by atoms with van der Waals surface area (Å²) in [5.41, 5.74) is 2.04. The van der Waals surface area contributed by atoms with Crippen molar-refractivity contribution in [3.63, 3.8) is 0 Å². The van der Waals surface area contributed by atoms with Gasteiger partial charge in [0.05, 0.1) is 6.10 Å². The first-order valence-corrected chi connectivity index (χ1v) is 5.24. The predicted octanol–water partition coefficient (Wildman–Crippen LogP) is -1.81. The molecule has 0 aromatic heterocycles. The molecule has 3 N–H and O–H groups in total. The molecule has 1 heterocycles. The maximum absolute atomic E-state index is 11.1. The molecule has 9 heteroatoms. The number of ether oxygens (including phenoxy) is 2. The van der Waals surface area contributed by atoms with E-state index in [2.05, 4.69) is 0 Å². The second-order valence-corrected chi connectivity index (χ2v) is 3.83. The number of amides is 1. The number of hydroxylamine groups is 1. The van der Waals surface area contributed by atoms with Gasteiger partial charge in [-0.15, -0.1) is 0 Å². The monoisotopic (exact) mass is 263 g/mol. The second-order valence-electron chi connectivity index (χ2n) is 3.83. The molecule has 18 heavy (non-hydrogen) atoms. The van der Waals surface area contributed by atoms with E-state index >= 15 is 0 Å². The number of hydrogen-bond donors (Lipinski definition) is 3. The summed E-state index contributed by atoms with van der Waals surface area (Å²) in [5.74, 6) is -1.54. The number of aliphatic hydroxyl groups excluding tert-OH is 2. The minimum atomic E-state index is -1.33. The van der Waals surface area contributed by atoms with E-state index in [-0.39, 0.29) is 11.6 Å². The van der Waals surface area contributed by atoms with E-state index in [0.29, 0.717) is 0 Å². The topological polar surface area (TPSA) is 131 Å². The van der Waals surface area contributed by atoms with E-state index in [1.54, 1.807) is 0 Å². The third-order valence-electron chi connectivity index (χ3n) is 2.26. The van der Waals surface area contributed by atoms with Crippen LogP contribution >= 0.6 is 0 Å². The van der Waals surface area contributed by atoms with Crippen molar-refractivity contribution in [2.45, 2.75) is 45.0 Å². The zero-order valence-electron chi connectivity index (χ0n) is 9.90. The van der Waals surface area contributed by atoms with Gasteiger partial charge in [-0.3, -0.25) is 9.59 Å². The Morgan fingerprint density at radius 3 is 2.56 bits per heavy atom. The molecule has 4 atom stereocenters. The SMILES string of the molecule is CC(=O)OC1C(O)C[C@@H](O)OC1NN([O-])C(C)=O. The molecule has 1 fully saturated rings. The molecule has 1 aliphatic rings. The fraction of sp³-hybridized carbons (Fsp3) is 0.778. The number of nitrogens with zero attached hydrogens (tertiary/aromatic N) is 1. The van der Waals surface area contributed by atoms with Crippen LogP contribution in [-0.4, -0.2) is 52.0 Å². The van der Waals surface area contributed by atoms with Crippen LogP contribution in [0.2, 0.25) is 0 Å². The van der Waals surface area contributed by atoms with Gasteiger partial charge < -0.3 is 30.1 Å². The van der Waals surface area contributed by atoms with Crippen LogP contribution in [0.1, 0.15) is 20.3 Å². The highest BCUT2D eigenvalue weighted by molar-refractivity contribution is 5.73. The number of carbonyl (C=O) groups is 2. The van der Waals surface area contributed by atoms with Gasteiger partial charge in [-0.05, 0) is 0 Å². The molecule has 9 nitrogen and oxygen atoms in total. The van der Waals surface area contributed by atoms with Crippen LogP contribution in [0.15, 0.2) is 0 Å². The van der Waals surface area contributed by atoms with Gasteiger partial charge in [0.1, 0.15) is 0 Å². The van der Waals surface area contributed by atoms with Crippen LogP contribution < -0.4 is 5.43 Å². The molecule has 0 spiro atoms. The molecule has 0 aromatic rings. The van der Waals surface area contributed by atoms with Gasteiger partial charge in [-0.2, -0.15) is 0 Å². The molecule has 3 unspecified atom stereocenters. The maximum Gasteiger partial charge on any atom is 0.303 e. The summed E-state index contributed by atoms with van der Waals surface area (Å²) in [4.78, 5) is 21.6. The lowest BCUT2D eigenvalue weighted by Gasteiger charge is -2.41. The molecular weight excluding hydrogens is 248 g/mol. The number of nitrogens with one attached hydrogen (secondary N) is 1. The smallest absolute Gasteiger partial charge is 0.303 e. The summed E-state index contributed by atoms with van der Waals surface area (Å²) in [6.07, 6.45) is -5.22. The highest BCUT2D eigenvalue weighted by Crippen LogP contribution is 2.20. The summed E-state index contributed by atoms with van der Waals surface area (Å²) in [5, 5.41) is 29.9. The molecule has 1 amide bonds. The summed E-state index contributed by atoms with van der Waals surface area (Å²) in [6.45, 7) is 2.13. The Labute approximate surface area is 103 Å². The minimum Gasteiger partial charge on any atom is -0.741 e. The molecule has 1 aliphatic heterocycles. The zero-order valence-corrected chi connectivity index (χ0v) is 9.90. The van der Waals surface area contributed by atoms with Gasteiger partial charge in [0, 0.05) is 20.3 Å². The fourth-order valence-corrected chi connectivity index (χ4v) is 1.49. The predicted molar refractivity (Wildman–Crippen MR) is 56.1 cm³/mol. The number of esters is 1. The van der Waals surface area contributed by atoms with Crippen molar-refractivity contribution in [2.75, 3.05) is 0 Å². The van der Waals surface area contributed by atoms with E-state index < -0.39 is 36.6 Å². The molecule has 1 rings (SSSR count). The van der Waals surface area contributed by atoms with Gasteiger partial charge in [0.25, 0.3) is 0 Å². The van der Waals surface area contributed by atoms with E-state index in [1.807, 2.05) is 5.43 Å². The van der Waals surface area contributed by atoms with Gasteiger partial charge in [-0.1, -0.05) is 0 Å². The number of rotatable bonds is 3. The van der Waals surface area contributed by atoms with Gasteiger partial charge in [-0.25, -0.2) is 5.43 Å². The lowest BCUT2D eigenvalue weighted by Crippen LogP contribution is -2.59. The van der Waals surface area contributed by atoms with Crippen LogP contribution in [0.5, 0.6) is 0 Å². The summed E-state index contributed by atoms with van der Waals surface area (Å²) < 4.78 is 9.68. The molecular formula is C9H15N2O7-. The Balaban J connectivity index is 2.74. The standard InChI is InChI=1S/C9H15N2O7/c1-4(12)11(16)10-9-8(17-5(2)13)6(14)3-7(15)18-9/h6-10,14-15H,3H2,1-2H3/q-1/t6?,7-,8?,9?/m0/s1. The largest absolute Gasteiger partial charge is 0.741 e. The third-order valence-corrected chi connectivity index (χ3v) is 2.26. The van der Waals surface area contributed by atoms with Crippen molar-refractivity contribution < 1.29 is 29.3 Å². The lowest BCUT2D eigenvalue weighted by molar-refractivity contribution is -0.255. The fourth-order valence-electron chi connectivity index (χ4n) is 1.49. The zero-order chi connectivity index (χ0) is 13.9. The van der Waals surface area contributed by atoms with Crippen molar-refractivity contribution >= 4 is 11.9 Å². The van der Waals surface area contributed by atoms with Crippen molar-refractivity contribution in [3.05, 3.63) is 5.21 Å². The van der Waals surface area contributed by atoms with Crippen LogP contribution in [0, 0.1) is 5.21 Å². The van der Waals surface area contributed by atoms with Gasteiger partial charge >= 0.3 is 5.97 Å². The number of hydrazine groups is 1. The van der Waals surface area contributed by atoms with Crippen molar-refractivity contribution in [1.29, 1.82) is 0 Å². The Morgan fingerprint density at radius 2 is 2.06 bits per heavy atom. The Kier molecular flexibility index (Phi) is 4.99. The molecule has 0 radical (unpaired) electrons. The van der Waals surface area contributed by atoms with Crippen LogP contribution in [-0.2, 0) is 19.1 Å². The normalized spacial score (nSPS) is 31.8. The van der Waals surface area contributed by atoms with Crippen molar-refractivity contribution in [3.8, 4) is 0 Å².